The number of rotatable bonds is 12. The van der Waals surface area contributed by atoms with Gasteiger partial charge in [-0.2, -0.15) is 18.4 Å². The molecule has 3 aromatic rings. The van der Waals surface area contributed by atoms with E-state index in [1.807, 2.05) is 26.0 Å². The quantitative estimate of drug-likeness (QED) is 0.162. The Kier molecular flexibility index (Phi) is 12.4. The van der Waals surface area contributed by atoms with Crippen molar-refractivity contribution >= 4 is 63.7 Å². The largest absolute Gasteiger partial charge is 0.492 e. The van der Waals surface area contributed by atoms with Crippen molar-refractivity contribution in [3.05, 3.63) is 77.4 Å². The summed E-state index contributed by atoms with van der Waals surface area (Å²) in [6.07, 6.45) is -3.54. The number of anilines is 4. The third-order valence-electron chi connectivity index (χ3n) is 10.7. The zero-order valence-electron chi connectivity index (χ0n) is 32.6. The van der Waals surface area contributed by atoms with Crippen LogP contribution in [0, 0.1) is 11.3 Å². The second-order valence-corrected chi connectivity index (χ2v) is 15.3. The molecular weight excluding hydrogens is 774 g/mol. The molecule has 3 aromatic carbocycles. The number of halogens is 3. The molecule has 17 heteroatoms. The van der Waals surface area contributed by atoms with Crippen LogP contribution in [0.2, 0.25) is 0 Å². The van der Waals surface area contributed by atoms with Crippen molar-refractivity contribution in [2.24, 2.45) is 0 Å². The average Bonchev–Trinajstić information content (AvgIpc) is 3.37. The molecule has 0 spiro atoms. The summed E-state index contributed by atoms with van der Waals surface area (Å²) < 4.78 is 47.5. The number of piperazine rings is 1. The summed E-state index contributed by atoms with van der Waals surface area (Å²) in [4.78, 5) is 57.6. The van der Waals surface area contributed by atoms with Crippen molar-refractivity contribution in [1.82, 2.24) is 15.1 Å². The van der Waals surface area contributed by atoms with E-state index in [1.165, 1.54) is 6.07 Å². The molecule has 3 aliphatic heterocycles. The van der Waals surface area contributed by atoms with Crippen molar-refractivity contribution < 1.29 is 37.1 Å². The van der Waals surface area contributed by atoms with Crippen molar-refractivity contribution in [3.8, 4) is 11.8 Å². The summed E-state index contributed by atoms with van der Waals surface area (Å²) >= 11 is 5.71. The van der Waals surface area contributed by atoms with E-state index < -0.39 is 34.8 Å². The van der Waals surface area contributed by atoms with Crippen LogP contribution in [0.15, 0.2) is 60.7 Å². The molecule has 0 aliphatic carbocycles. The number of ether oxygens (including phenoxy) is 1. The summed E-state index contributed by atoms with van der Waals surface area (Å²) in [5, 5.41) is 17.7. The first-order valence-electron chi connectivity index (χ1n) is 19.0. The molecule has 3 saturated heterocycles. The minimum atomic E-state index is -4.80. The minimum absolute atomic E-state index is 0.0167. The Balaban J connectivity index is 1.01. The third-order valence-corrected chi connectivity index (χ3v) is 11.1. The number of nitrogens with zero attached hydrogens (tertiary/aromatic N) is 5. The number of aryl methyl sites for hydroxylation is 1. The zero-order valence-corrected chi connectivity index (χ0v) is 33.4. The first-order valence-corrected chi connectivity index (χ1v) is 19.5. The molecule has 306 valence electrons. The maximum absolute atomic E-state index is 13.8. The average molecular weight is 819 g/mol. The molecule has 0 saturated carbocycles. The smallest absolute Gasteiger partial charge is 0.417 e. The maximum Gasteiger partial charge on any atom is 0.417 e. The minimum Gasteiger partial charge on any atom is -0.492 e. The highest BCUT2D eigenvalue weighted by atomic mass is 32.1. The molecule has 2 atom stereocenters. The highest BCUT2D eigenvalue weighted by Gasteiger charge is 2.51. The van der Waals surface area contributed by atoms with Gasteiger partial charge in [0.05, 0.1) is 28.9 Å². The molecule has 3 heterocycles. The van der Waals surface area contributed by atoms with E-state index in [2.05, 4.69) is 25.8 Å². The van der Waals surface area contributed by atoms with Gasteiger partial charge in [0.15, 0.2) is 5.11 Å². The number of thiocarbonyl (C=S) groups is 1. The lowest BCUT2D eigenvalue weighted by Crippen LogP contribution is -2.53. The first kappa shape index (κ1) is 42.0. The van der Waals surface area contributed by atoms with Gasteiger partial charge in [-0.15, -0.1) is 0 Å². The van der Waals surface area contributed by atoms with Crippen molar-refractivity contribution in [3.63, 3.8) is 0 Å². The standard InChI is InChI=1S/C41H45F3N8O5S/c1-5-26-21-31(52-39(58)51(38(56)40(52,3)4)30-10-9-27(24-45)32(23-30)41(42,43)44)11-13-34(26)57-20-19-49-15-17-50(18-16-49)25(2)36(54)47-29-8-6-7-28(22-29)46-33-12-14-35(53)48-37(33)55/h6-11,13,21-23,25,33,46H,5,12,14-20H2,1-4H3,(H,47,54)(H,48,53,55). The Hall–Kier alpha value is -5.57. The van der Waals surface area contributed by atoms with E-state index in [1.54, 1.807) is 55.1 Å². The fourth-order valence-corrected chi connectivity index (χ4v) is 7.89. The van der Waals surface area contributed by atoms with Gasteiger partial charge in [0.25, 0.3) is 5.91 Å². The Labute approximate surface area is 340 Å². The van der Waals surface area contributed by atoms with Crippen LogP contribution < -0.4 is 30.5 Å². The molecule has 3 N–H and O–H groups in total. The van der Waals surface area contributed by atoms with Gasteiger partial charge in [-0.1, -0.05) is 13.0 Å². The van der Waals surface area contributed by atoms with E-state index in [-0.39, 0.29) is 41.0 Å². The molecule has 2 unspecified atom stereocenters. The molecular formula is C41H45F3N8O5S. The van der Waals surface area contributed by atoms with Crippen LogP contribution in [0.1, 0.15) is 57.2 Å². The van der Waals surface area contributed by atoms with Crippen LogP contribution in [-0.4, -0.2) is 95.5 Å². The zero-order chi connectivity index (χ0) is 41.9. The summed E-state index contributed by atoms with van der Waals surface area (Å²) in [6, 6.07) is 16.3. The molecule has 0 radical (unpaired) electrons. The Morgan fingerprint density at radius 3 is 2.41 bits per heavy atom. The highest BCUT2D eigenvalue weighted by Crippen LogP contribution is 2.40. The van der Waals surface area contributed by atoms with Crippen molar-refractivity contribution in [2.45, 2.75) is 70.8 Å². The number of alkyl halides is 3. The van der Waals surface area contributed by atoms with Gasteiger partial charge in [-0.05, 0) is 106 Å². The van der Waals surface area contributed by atoms with E-state index >= 15 is 0 Å². The van der Waals surface area contributed by atoms with Gasteiger partial charge in [0, 0.05) is 56.2 Å². The van der Waals surface area contributed by atoms with Gasteiger partial charge in [0.1, 0.15) is 23.9 Å². The van der Waals surface area contributed by atoms with E-state index in [0.717, 1.165) is 35.7 Å². The van der Waals surface area contributed by atoms with E-state index in [4.69, 9.17) is 17.0 Å². The fraction of sp³-hybridized carbons (Fsp3) is 0.415. The van der Waals surface area contributed by atoms with Gasteiger partial charge < -0.3 is 20.3 Å². The molecule has 58 heavy (non-hydrogen) atoms. The number of benzene rings is 3. The fourth-order valence-electron chi connectivity index (χ4n) is 7.37. The Morgan fingerprint density at radius 1 is 1.03 bits per heavy atom. The third kappa shape index (κ3) is 8.94. The summed E-state index contributed by atoms with van der Waals surface area (Å²) in [5.41, 5.74) is -0.279. The normalized spacial score (nSPS) is 19.4. The van der Waals surface area contributed by atoms with E-state index in [9.17, 15) is 37.6 Å². The number of imide groups is 1. The van der Waals surface area contributed by atoms with Crippen LogP contribution in [0.25, 0.3) is 0 Å². The molecule has 0 bridgehead atoms. The first-order chi connectivity index (χ1) is 27.5. The predicted octanol–water partition coefficient (Wildman–Crippen LogP) is 5.30. The van der Waals surface area contributed by atoms with Crippen LogP contribution in [0.5, 0.6) is 5.75 Å². The number of hydrogen-bond donors (Lipinski definition) is 3. The summed E-state index contributed by atoms with van der Waals surface area (Å²) in [6.45, 7) is 11.1. The summed E-state index contributed by atoms with van der Waals surface area (Å²) in [5.74, 6) is -0.639. The number of carbonyl (C=O) groups is 4. The van der Waals surface area contributed by atoms with Crippen LogP contribution >= 0.6 is 12.2 Å². The molecule has 3 aliphatic rings. The maximum atomic E-state index is 13.8. The molecule has 3 fully saturated rings. The lowest BCUT2D eigenvalue weighted by molar-refractivity contribution is -0.138. The monoisotopic (exact) mass is 818 g/mol. The number of amides is 4. The highest BCUT2D eigenvalue weighted by molar-refractivity contribution is 7.81. The van der Waals surface area contributed by atoms with Crippen LogP contribution in [0.3, 0.4) is 0 Å². The Bertz CT molecular complexity index is 2150. The summed E-state index contributed by atoms with van der Waals surface area (Å²) in [7, 11) is 0. The molecule has 0 aromatic heterocycles. The number of nitriles is 1. The van der Waals surface area contributed by atoms with Crippen molar-refractivity contribution in [1.29, 1.82) is 5.26 Å². The van der Waals surface area contributed by atoms with Crippen LogP contribution in [-0.2, 0) is 31.8 Å². The lowest BCUT2D eigenvalue weighted by atomic mass is 10.0. The van der Waals surface area contributed by atoms with Crippen LogP contribution in [0.4, 0.5) is 35.9 Å². The predicted molar refractivity (Wildman–Crippen MR) is 216 cm³/mol. The second-order valence-electron chi connectivity index (χ2n) is 14.9. The van der Waals surface area contributed by atoms with Gasteiger partial charge in [-0.25, -0.2) is 0 Å². The molecule has 13 nitrogen and oxygen atoms in total. The lowest BCUT2D eigenvalue weighted by Gasteiger charge is -2.37. The number of nitrogens with one attached hydrogen (secondary N) is 3. The molecule has 4 amide bonds. The number of hydrogen-bond acceptors (Lipinski definition) is 10. The second kappa shape index (κ2) is 17.1. The topological polar surface area (TPSA) is 150 Å². The molecule has 6 rings (SSSR count). The van der Waals surface area contributed by atoms with Gasteiger partial charge in [0.2, 0.25) is 17.7 Å². The van der Waals surface area contributed by atoms with Crippen molar-refractivity contribution in [2.75, 3.05) is 59.8 Å². The SMILES string of the molecule is CCc1cc(N2C(=S)N(c3ccc(C#N)c(C(F)(F)F)c3)C(=O)C2(C)C)ccc1OCCN1CCN(C(C)C(=O)Nc2cccc(NC3CCC(=O)NC3=O)c2)CC1. The number of piperidine rings is 1. The van der Waals surface area contributed by atoms with Gasteiger partial charge >= 0.3 is 6.18 Å². The Morgan fingerprint density at radius 2 is 1.74 bits per heavy atom. The van der Waals surface area contributed by atoms with Gasteiger partial charge in [-0.3, -0.25) is 39.2 Å². The van der Waals surface area contributed by atoms with E-state index in [0.29, 0.717) is 61.9 Å². The number of carbonyl (C=O) groups excluding carboxylic acids is 4.